The smallest absolute Gasteiger partial charge is 0.251 e. The molecule has 2 aromatic rings. The molecule has 1 aromatic carbocycles. The highest BCUT2D eigenvalue weighted by Gasteiger charge is 2.05. The summed E-state index contributed by atoms with van der Waals surface area (Å²) >= 11 is 0. The van der Waals surface area contributed by atoms with Crippen molar-refractivity contribution in [3.63, 3.8) is 0 Å². The molecule has 1 aromatic heterocycles. The minimum absolute atomic E-state index is 0.0298. The van der Waals surface area contributed by atoms with Crippen LogP contribution in [-0.2, 0) is 0 Å². The lowest BCUT2D eigenvalue weighted by Gasteiger charge is -2.04. The molecule has 0 saturated heterocycles. The first-order valence-corrected chi connectivity index (χ1v) is 5.69. The summed E-state index contributed by atoms with van der Waals surface area (Å²) in [6, 6.07) is 7.39. The minimum Gasteiger partial charge on any atom is -0.352 e. The Kier molecular flexibility index (Phi) is 3.55. The third kappa shape index (κ3) is 2.72. The van der Waals surface area contributed by atoms with Gasteiger partial charge in [0.05, 0.1) is 0 Å². The summed E-state index contributed by atoms with van der Waals surface area (Å²) in [6.07, 6.45) is 4.42. The van der Waals surface area contributed by atoms with Crippen molar-refractivity contribution >= 4 is 5.91 Å². The second kappa shape index (κ2) is 5.30. The summed E-state index contributed by atoms with van der Waals surface area (Å²) in [6.45, 7) is 2.74. The molecular formula is C13H15N3O. The highest BCUT2D eigenvalue weighted by Crippen LogP contribution is 2.14. The monoisotopic (exact) mass is 229 g/mol. The van der Waals surface area contributed by atoms with Gasteiger partial charge >= 0.3 is 0 Å². The first-order valence-electron chi connectivity index (χ1n) is 5.69. The van der Waals surface area contributed by atoms with Gasteiger partial charge in [-0.2, -0.15) is 0 Å². The number of nitrogens with one attached hydrogen (secondary N) is 2. The summed E-state index contributed by atoms with van der Waals surface area (Å²) in [5.74, 6) is 0.781. The van der Waals surface area contributed by atoms with Gasteiger partial charge in [-0.15, -0.1) is 0 Å². The Morgan fingerprint density at radius 3 is 2.71 bits per heavy atom. The van der Waals surface area contributed by atoms with Crippen LogP contribution in [0.5, 0.6) is 0 Å². The van der Waals surface area contributed by atoms with Crippen LogP contribution < -0.4 is 5.32 Å². The predicted molar refractivity (Wildman–Crippen MR) is 66.6 cm³/mol. The number of benzene rings is 1. The SMILES string of the molecule is CCCNC(=O)c1ccc(-c2ncc[nH]2)cc1. The standard InChI is InChI=1S/C13H15N3O/c1-2-7-16-13(17)11-5-3-10(4-6-11)12-14-8-9-15-12/h3-6,8-9H,2,7H2,1H3,(H,14,15)(H,16,17). The summed E-state index contributed by atoms with van der Waals surface area (Å²) in [5, 5.41) is 2.84. The van der Waals surface area contributed by atoms with Crippen LogP contribution in [-0.4, -0.2) is 22.4 Å². The molecule has 0 saturated carbocycles. The van der Waals surface area contributed by atoms with E-state index >= 15 is 0 Å². The third-order valence-corrected chi connectivity index (χ3v) is 2.45. The fourth-order valence-electron chi connectivity index (χ4n) is 1.54. The molecule has 0 unspecified atom stereocenters. The van der Waals surface area contributed by atoms with Gasteiger partial charge in [-0.3, -0.25) is 4.79 Å². The van der Waals surface area contributed by atoms with E-state index in [0.29, 0.717) is 12.1 Å². The van der Waals surface area contributed by atoms with Gasteiger partial charge in [0.1, 0.15) is 5.82 Å². The first kappa shape index (κ1) is 11.4. The van der Waals surface area contributed by atoms with Gasteiger partial charge in [-0.25, -0.2) is 4.98 Å². The number of aromatic amines is 1. The Morgan fingerprint density at radius 2 is 2.12 bits per heavy atom. The number of imidazole rings is 1. The van der Waals surface area contributed by atoms with Crippen LogP contribution >= 0.6 is 0 Å². The van der Waals surface area contributed by atoms with E-state index in [0.717, 1.165) is 17.8 Å². The molecule has 2 rings (SSSR count). The van der Waals surface area contributed by atoms with Crippen molar-refractivity contribution in [2.24, 2.45) is 0 Å². The normalized spacial score (nSPS) is 10.2. The molecule has 1 heterocycles. The van der Waals surface area contributed by atoms with E-state index in [4.69, 9.17) is 0 Å². The second-order valence-electron chi connectivity index (χ2n) is 3.77. The molecule has 0 spiro atoms. The molecule has 4 nitrogen and oxygen atoms in total. The Morgan fingerprint density at radius 1 is 1.35 bits per heavy atom. The van der Waals surface area contributed by atoms with E-state index < -0.39 is 0 Å². The average Bonchev–Trinajstić information content (AvgIpc) is 2.90. The topological polar surface area (TPSA) is 57.8 Å². The zero-order valence-corrected chi connectivity index (χ0v) is 9.73. The van der Waals surface area contributed by atoms with Crippen LogP contribution in [0.4, 0.5) is 0 Å². The zero-order chi connectivity index (χ0) is 12.1. The molecule has 0 aliphatic carbocycles. The molecule has 0 aliphatic rings. The van der Waals surface area contributed by atoms with Crippen LogP contribution in [0, 0.1) is 0 Å². The van der Waals surface area contributed by atoms with E-state index in [1.807, 2.05) is 31.2 Å². The molecular weight excluding hydrogens is 214 g/mol. The number of nitrogens with zero attached hydrogens (tertiary/aromatic N) is 1. The Bertz CT molecular complexity index is 474. The van der Waals surface area contributed by atoms with Gasteiger partial charge in [-0.05, 0) is 18.6 Å². The maximum atomic E-state index is 11.7. The van der Waals surface area contributed by atoms with E-state index in [-0.39, 0.29) is 5.91 Å². The quantitative estimate of drug-likeness (QED) is 0.844. The van der Waals surface area contributed by atoms with Crippen LogP contribution in [0.2, 0.25) is 0 Å². The molecule has 0 radical (unpaired) electrons. The summed E-state index contributed by atoms with van der Waals surface area (Å²) in [7, 11) is 0. The highest BCUT2D eigenvalue weighted by molar-refractivity contribution is 5.94. The second-order valence-corrected chi connectivity index (χ2v) is 3.77. The highest BCUT2D eigenvalue weighted by atomic mass is 16.1. The molecule has 0 aliphatic heterocycles. The summed E-state index contributed by atoms with van der Waals surface area (Å²) in [4.78, 5) is 18.8. The van der Waals surface area contributed by atoms with E-state index in [1.165, 1.54) is 0 Å². The van der Waals surface area contributed by atoms with Crippen molar-refractivity contribution in [1.82, 2.24) is 15.3 Å². The molecule has 2 N–H and O–H groups in total. The molecule has 17 heavy (non-hydrogen) atoms. The van der Waals surface area contributed by atoms with E-state index in [9.17, 15) is 4.79 Å². The maximum Gasteiger partial charge on any atom is 0.251 e. The van der Waals surface area contributed by atoms with Gasteiger partial charge in [-0.1, -0.05) is 19.1 Å². The number of rotatable bonds is 4. The third-order valence-electron chi connectivity index (χ3n) is 2.45. The van der Waals surface area contributed by atoms with E-state index in [1.54, 1.807) is 12.4 Å². The van der Waals surface area contributed by atoms with Gasteiger partial charge in [0.2, 0.25) is 0 Å². The van der Waals surface area contributed by atoms with Gasteiger partial charge in [0.15, 0.2) is 0 Å². The fourth-order valence-corrected chi connectivity index (χ4v) is 1.54. The number of hydrogen-bond acceptors (Lipinski definition) is 2. The minimum atomic E-state index is -0.0298. The molecule has 4 heteroatoms. The number of H-pyrrole nitrogens is 1. The number of amides is 1. The lowest BCUT2D eigenvalue weighted by molar-refractivity contribution is 0.0953. The van der Waals surface area contributed by atoms with E-state index in [2.05, 4.69) is 15.3 Å². The molecule has 1 amide bonds. The molecule has 0 fully saturated rings. The predicted octanol–water partition coefficient (Wildman–Crippen LogP) is 2.22. The van der Waals surface area contributed by atoms with Gasteiger partial charge in [0, 0.05) is 30.1 Å². The Hall–Kier alpha value is -2.10. The first-order chi connectivity index (χ1) is 8.31. The molecule has 0 bridgehead atoms. The fraction of sp³-hybridized carbons (Fsp3) is 0.231. The van der Waals surface area contributed by atoms with Crippen LogP contribution in [0.15, 0.2) is 36.7 Å². The maximum absolute atomic E-state index is 11.7. The zero-order valence-electron chi connectivity index (χ0n) is 9.73. The van der Waals surface area contributed by atoms with Crippen LogP contribution in [0.25, 0.3) is 11.4 Å². The number of aromatic nitrogens is 2. The van der Waals surface area contributed by atoms with Crippen LogP contribution in [0.3, 0.4) is 0 Å². The van der Waals surface area contributed by atoms with Crippen molar-refractivity contribution in [1.29, 1.82) is 0 Å². The summed E-state index contributed by atoms with van der Waals surface area (Å²) in [5.41, 5.74) is 1.65. The van der Waals surface area contributed by atoms with Gasteiger partial charge in [0.25, 0.3) is 5.91 Å². The van der Waals surface area contributed by atoms with Crippen molar-refractivity contribution in [2.45, 2.75) is 13.3 Å². The number of hydrogen-bond donors (Lipinski definition) is 2. The van der Waals surface area contributed by atoms with Gasteiger partial charge < -0.3 is 10.3 Å². The van der Waals surface area contributed by atoms with Crippen molar-refractivity contribution in [2.75, 3.05) is 6.54 Å². The Balaban J connectivity index is 2.10. The molecule has 0 atom stereocenters. The van der Waals surface area contributed by atoms with Crippen molar-refractivity contribution in [3.8, 4) is 11.4 Å². The molecule has 88 valence electrons. The largest absolute Gasteiger partial charge is 0.352 e. The van der Waals surface area contributed by atoms with Crippen LogP contribution in [0.1, 0.15) is 23.7 Å². The number of carbonyl (C=O) groups is 1. The lowest BCUT2D eigenvalue weighted by Crippen LogP contribution is -2.23. The summed E-state index contributed by atoms with van der Waals surface area (Å²) < 4.78 is 0. The van der Waals surface area contributed by atoms with Crippen molar-refractivity contribution in [3.05, 3.63) is 42.2 Å². The number of carbonyl (C=O) groups excluding carboxylic acids is 1. The lowest BCUT2D eigenvalue weighted by atomic mass is 10.1. The average molecular weight is 229 g/mol. The Labute approximate surface area is 100 Å². The van der Waals surface area contributed by atoms with Crippen molar-refractivity contribution < 1.29 is 4.79 Å².